The Labute approximate surface area is 131 Å². The van der Waals surface area contributed by atoms with Crippen molar-refractivity contribution in [3.63, 3.8) is 0 Å². The van der Waals surface area contributed by atoms with Gasteiger partial charge in [0.25, 0.3) is 0 Å². The largest absolute Gasteiger partial charge is 0.497 e. The van der Waals surface area contributed by atoms with Gasteiger partial charge in [-0.15, -0.1) is 0 Å². The Morgan fingerprint density at radius 3 is 2.24 bits per heavy atom. The van der Waals surface area contributed by atoms with E-state index in [0.29, 0.717) is 16.3 Å². The lowest BCUT2D eigenvalue weighted by atomic mass is 9.82. The van der Waals surface area contributed by atoms with Crippen molar-refractivity contribution >= 4 is 17.5 Å². The molecule has 2 aliphatic rings. The van der Waals surface area contributed by atoms with Crippen LogP contribution >= 0.6 is 11.8 Å². The van der Waals surface area contributed by atoms with Crippen LogP contribution in [-0.2, 0) is 0 Å². The highest BCUT2D eigenvalue weighted by Crippen LogP contribution is 2.45. The van der Waals surface area contributed by atoms with Gasteiger partial charge in [-0.2, -0.15) is 11.8 Å². The fraction of sp³-hybridized carbons (Fsp3) is 0.611. The Bertz CT molecular complexity index is 517. The van der Waals surface area contributed by atoms with Crippen LogP contribution in [0.5, 0.6) is 5.75 Å². The predicted octanol–water partition coefficient (Wildman–Crippen LogP) is 4.56. The van der Waals surface area contributed by atoms with Gasteiger partial charge >= 0.3 is 0 Å². The molecule has 0 radical (unpaired) electrons. The second kappa shape index (κ2) is 6.04. The van der Waals surface area contributed by atoms with Gasteiger partial charge in [0, 0.05) is 22.0 Å². The van der Waals surface area contributed by atoms with E-state index in [9.17, 15) is 4.79 Å². The molecule has 2 saturated heterocycles. The summed E-state index contributed by atoms with van der Waals surface area (Å²) in [6.07, 6.45) is 6.09. The summed E-state index contributed by atoms with van der Waals surface area (Å²) in [6.45, 7) is 4.06. The van der Waals surface area contributed by atoms with Crippen LogP contribution in [0.15, 0.2) is 12.1 Å². The molecule has 2 heterocycles. The van der Waals surface area contributed by atoms with Gasteiger partial charge < -0.3 is 4.74 Å². The van der Waals surface area contributed by atoms with Crippen molar-refractivity contribution in [3.05, 3.63) is 28.8 Å². The van der Waals surface area contributed by atoms with Crippen LogP contribution in [0.3, 0.4) is 0 Å². The number of ether oxygens (including phenoxy) is 1. The molecule has 2 fully saturated rings. The molecule has 2 nitrogen and oxygen atoms in total. The van der Waals surface area contributed by atoms with Crippen molar-refractivity contribution < 1.29 is 9.53 Å². The second-order valence-electron chi connectivity index (χ2n) is 6.48. The summed E-state index contributed by atoms with van der Waals surface area (Å²) in [6, 6.07) is 3.97. The van der Waals surface area contributed by atoms with Gasteiger partial charge in [0.1, 0.15) is 5.75 Å². The Hall–Kier alpha value is -0.960. The number of rotatable bonds is 3. The average molecular weight is 304 g/mol. The van der Waals surface area contributed by atoms with Crippen LogP contribution in [0.2, 0.25) is 0 Å². The van der Waals surface area contributed by atoms with Crippen molar-refractivity contribution in [2.45, 2.75) is 56.5 Å². The molecule has 0 amide bonds. The molecule has 3 rings (SSSR count). The number of hydrogen-bond acceptors (Lipinski definition) is 3. The second-order valence-corrected chi connectivity index (χ2v) is 8.09. The highest BCUT2D eigenvalue weighted by atomic mass is 32.2. The van der Waals surface area contributed by atoms with E-state index in [-0.39, 0.29) is 5.92 Å². The number of Topliss-reactive ketones (excluding diaryl/α,β-unsaturated/α-hetero) is 1. The fourth-order valence-corrected chi connectivity index (χ4v) is 5.74. The molecule has 0 aromatic heterocycles. The van der Waals surface area contributed by atoms with Crippen LogP contribution in [0.4, 0.5) is 0 Å². The van der Waals surface area contributed by atoms with Crippen LogP contribution in [0, 0.1) is 19.8 Å². The summed E-state index contributed by atoms with van der Waals surface area (Å²) in [5, 5.41) is 1.43. The SMILES string of the molecule is COc1cc(C)c(C(=O)C2CC3CCCC(C2)S3)c(C)c1. The van der Waals surface area contributed by atoms with Crippen LogP contribution < -0.4 is 4.74 Å². The monoisotopic (exact) mass is 304 g/mol. The molecule has 1 aromatic carbocycles. The molecule has 21 heavy (non-hydrogen) atoms. The lowest BCUT2D eigenvalue weighted by molar-refractivity contribution is 0.0895. The van der Waals surface area contributed by atoms with Gasteiger partial charge in [0.05, 0.1) is 7.11 Å². The summed E-state index contributed by atoms with van der Waals surface area (Å²) < 4.78 is 5.30. The first-order valence-corrected chi connectivity index (χ1v) is 8.87. The van der Waals surface area contributed by atoms with Crippen molar-refractivity contribution in [1.29, 1.82) is 0 Å². The van der Waals surface area contributed by atoms with Crippen LogP contribution in [0.1, 0.15) is 53.6 Å². The van der Waals surface area contributed by atoms with E-state index in [1.807, 2.05) is 26.0 Å². The highest BCUT2D eigenvalue weighted by molar-refractivity contribution is 8.00. The number of carbonyl (C=O) groups is 1. The van der Waals surface area contributed by atoms with Crippen molar-refractivity contribution in [3.8, 4) is 5.75 Å². The molecule has 2 aliphatic heterocycles. The smallest absolute Gasteiger partial charge is 0.166 e. The molecular weight excluding hydrogens is 280 g/mol. The molecule has 3 heteroatoms. The van der Waals surface area contributed by atoms with Crippen LogP contribution in [-0.4, -0.2) is 23.4 Å². The fourth-order valence-electron chi connectivity index (χ4n) is 3.91. The minimum atomic E-state index is 0.229. The predicted molar refractivity (Wildman–Crippen MR) is 88.5 cm³/mol. The Kier molecular flexibility index (Phi) is 4.30. The molecule has 114 valence electrons. The van der Waals surface area contributed by atoms with Gasteiger partial charge in [-0.05, 0) is 62.8 Å². The van der Waals surface area contributed by atoms with E-state index in [0.717, 1.165) is 35.3 Å². The first-order chi connectivity index (χ1) is 10.1. The van der Waals surface area contributed by atoms with Crippen LogP contribution in [0.25, 0.3) is 0 Å². The number of benzene rings is 1. The average Bonchev–Trinajstić information content (AvgIpc) is 2.45. The molecule has 0 N–H and O–H groups in total. The maximum absolute atomic E-state index is 13.0. The summed E-state index contributed by atoms with van der Waals surface area (Å²) in [7, 11) is 1.68. The molecule has 1 aromatic rings. The van der Waals surface area contributed by atoms with Crippen molar-refractivity contribution in [2.75, 3.05) is 7.11 Å². The lowest BCUT2D eigenvalue weighted by Gasteiger charge is -2.38. The number of methoxy groups -OCH3 is 1. The van der Waals surface area contributed by atoms with E-state index < -0.39 is 0 Å². The molecule has 2 bridgehead atoms. The zero-order valence-electron chi connectivity index (χ0n) is 13.1. The molecular formula is C18H24O2S. The molecule has 0 saturated carbocycles. The Morgan fingerprint density at radius 2 is 1.71 bits per heavy atom. The van der Waals surface area contributed by atoms with E-state index in [4.69, 9.17) is 4.74 Å². The quantitative estimate of drug-likeness (QED) is 0.766. The number of aryl methyl sites for hydroxylation is 2. The molecule has 0 aliphatic carbocycles. The zero-order chi connectivity index (χ0) is 15.0. The number of ketones is 1. The van der Waals surface area contributed by atoms with Crippen molar-refractivity contribution in [2.24, 2.45) is 5.92 Å². The third-order valence-electron chi connectivity index (χ3n) is 4.89. The number of fused-ring (bicyclic) bond motifs is 2. The zero-order valence-corrected chi connectivity index (χ0v) is 14.0. The number of hydrogen-bond donors (Lipinski definition) is 0. The number of thioether (sulfide) groups is 1. The Balaban J connectivity index is 1.85. The summed E-state index contributed by atoms with van der Waals surface area (Å²) >= 11 is 2.13. The summed E-state index contributed by atoms with van der Waals surface area (Å²) in [5.74, 6) is 1.44. The Morgan fingerprint density at radius 1 is 1.14 bits per heavy atom. The molecule has 2 atom stereocenters. The normalized spacial score (nSPS) is 28.2. The van der Waals surface area contributed by atoms with E-state index >= 15 is 0 Å². The van der Waals surface area contributed by atoms with E-state index in [1.165, 1.54) is 19.3 Å². The molecule has 2 unspecified atom stereocenters. The van der Waals surface area contributed by atoms with Gasteiger partial charge in [-0.3, -0.25) is 4.79 Å². The topological polar surface area (TPSA) is 26.3 Å². The minimum absolute atomic E-state index is 0.229. The van der Waals surface area contributed by atoms with E-state index in [2.05, 4.69) is 11.8 Å². The highest BCUT2D eigenvalue weighted by Gasteiger charge is 2.36. The first kappa shape index (κ1) is 15.0. The third-order valence-corrected chi connectivity index (χ3v) is 6.52. The van der Waals surface area contributed by atoms with E-state index in [1.54, 1.807) is 7.11 Å². The third kappa shape index (κ3) is 2.98. The first-order valence-electron chi connectivity index (χ1n) is 7.93. The standard InChI is InChI=1S/C18H24O2S/c1-11-7-14(20-3)8-12(2)17(11)18(19)13-9-15-5-4-6-16(10-13)21-15/h7-8,13,15-16H,4-6,9-10H2,1-3H3. The number of carbonyl (C=O) groups excluding carboxylic acids is 1. The molecule has 0 spiro atoms. The maximum Gasteiger partial charge on any atom is 0.166 e. The maximum atomic E-state index is 13.0. The summed E-state index contributed by atoms with van der Waals surface area (Å²) in [5.41, 5.74) is 3.05. The lowest BCUT2D eigenvalue weighted by Crippen LogP contribution is -2.33. The van der Waals surface area contributed by atoms with Gasteiger partial charge in [0.2, 0.25) is 0 Å². The van der Waals surface area contributed by atoms with Gasteiger partial charge in [-0.1, -0.05) is 6.42 Å². The van der Waals surface area contributed by atoms with Gasteiger partial charge in [-0.25, -0.2) is 0 Å². The van der Waals surface area contributed by atoms with Gasteiger partial charge in [0.15, 0.2) is 5.78 Å². The summed E-state index contributed by atoms with van der Waals surface area (Å²) in [4.78, 5) is 13.0. The van der Waals surface area contributed by atoms with Crippen molar-refractivity contribution in [1.82, 2.24) is 0 Å². The minimum Gasteiger partial charge on any atom is -0.497 e.